The molecule has 2 aromatic heterocycles. The molecule has 0 unspecified atom stereocenters. The quantitative estimate of drug-likeness (QED) is 0.576. The Morgan fingerprint density at radius 1 is 1.11 bits per heavy atom. The Labute approximate surface area is 111 Å². The van der Waals surface area contributed by atoms with Crippen LogP contribution in [0.1, 0.15) is 26.3 Å². The SMILES string of the molecule is CC(C)(C)c1ccc2c(=O)n3ccccc3nc2c1. The molecule has 0 fully saturated rings. The Morgan fingerprint density at radius 3 is 2.63 bits per heavy atom. The van der Waals surface area contributed by atoms with E-state index in [1.54, 1.807) is 10.6 Å². The number of fused-ring (bicyclic) bond motifs is 2. The van der Waals surface area contributed by atoms with Crippen LogP contribution >= 0.6 is 0 Å². The van der Waals surface area contributed by atoms with E-state index in [1.165, 1.54) is 5.56 Å². The highest BCUT2D eigenvalue weighted by Gasteiger charge is 2.15. The van der Waals surface area contributed by atoms with E-state index in [9.17, 15) is 4.79 Å². The maximum Gasteiger partial charge on any atom is 0.265 e. The second-order valence-electron chi connectivity index (χ2n) is 5.83. The van der Waals surface area contributed by atoms with E-state index in [1.807, 2.05) is 36.4 Å². The molecule has 96 valence electrons. The summed E-state index contributed by atoms with van der Waals surface area (Å²) in [6.07, 6.45) is 1.75. The van der Waals surface area contributed by atoms with Gasteiger partial charge in [0.05, 0.1) is 10.9 Å². The maximum atomic E-state index is 12.4. The molecule has 0 aliphatic carbocycles. The van der Waals surface area contributed by atoms with Crippen molar-refractivity contribution in [2.45, 2.75) is 26.2 Å². The van der Waals surface area contributed by atoms with Crippen molar-refractivity contribution in [2.75, 3.05) is 0 Å². The Hall–Kier alpha value is -2.16. The number of hydrogen-bond acceptors (Lipinski definition) is 2. The van der Waals surface area contributed by atoms with E-state index >= 15 is 0 Å². The van der Waals surface area contributed by atoms with Gasteiger partial charge in [-0.15, -0.1) is 0 Å². The van der Waals surface area contributed by atoms with Crippen molar-refractivity contribution in [2.24, 2.45) is 0 Å². The molecule has 2 heterocycles. The summed E-state index contributed by atoms with van der Waals surface area (Å²) in [5, 5.41) is 0.664. The number of pyridine rings is 1. The molecule has 1 aromatic carbocycles. The van der Waals surface area contributed by atoms with Gasteiger partial charge in [-0.2, -0.15) is 0 Å². The zero-order chi connectivity index (χ0) is 13.6. The highest BCUT2D eigenvalue weighted by atomic mass is 16.1. The molecule has 0 aliphatic rings. The molecule has 3 nitrogen and oxygen atoms in total. The molecule has 0 saturated carbocycles. The predicted octanol–water partition coefficient (Wildman–Crippen LogP) is 3.15. The third-order valence-corrected chi connectivity index (χ3v) is 3.39. The molecule has 3 heteroatoms. The fraction of sp³-hybridized carbons (Fsp3) is 0.250. The zero-order valence-electron chi connectivity index (χ0n) is 11.3. The van der Waals surface area contributed by atoms with Crippen LogP contribution in [0.15, 0.2) is 47.4 Å². The van der Waals surface area contributed by atoms with Gasteiger partial charge in [0.1, 0.15) is 5.65 Å². The molecular weight excluding hydrogens is 236 g/mol. The zero-order valence-corrected chi connectivity index (χ0v) is 11.3. The van der Waals surface area contributed by atoms with Crippen LogP contribution < -0.4 is 5.56 Å². The van der Waals surface area contributed by atoms with Crippen LogP contribution in [0.25, 0.3) is 16.6 Å². The topological polar surface area (TPSA) is 34.4 Å². The summed E-state index contributed by atoms with van der Waals surface area (Å²) in [4.78, 5) is 16.9. The minimum Gasteiger partial charge on any atom is -0.268 e. The van der Waals surface area contributed by atoms with Gasteiger partial charge in [-0.05, 0) is 35.2 Å². The third kappa shape index (κ3) is 1.91. The molecule has 0 aliphatic heterocycles. The van der Waals surface area contributed by atoms with Crippen LogP contribution in [0.4, 0.5) is 0 Å². The first-order valence-electron chi connectivity index (χ1n) is 6.38. The van der Waals surface area contributed by atoms with Crippen LogP contribution in [0.3, 0.4) is 0 Å². The molecule has 19 heavy (non-hydrogen) atoms. The summed E-state index contributed by atoms with van der Waals surface area (Å²) < 4.78 is 1.58. The number of aromatic nitrogens is 2. The van der Waals surface area contributed by atoms with Crippen LogP contribution in [0.5, 0.6) is 0 Å². The van der Waals surface area contributed by atoms with E-state index in [2.05, 4.69) is 25.8 Å². The fourth-order valence-electron chi connectivity index (χ4n) is 2.22. The normalized spacial score (nSPS) is 12.2. The Balaban J connectivity index is 2.42. The Morgan fingerprint density at radius 2 is 1.89 bits per heavy atom. The Bertz CT molecular complexity index is 825. The molecule has 0 spiro atoms. The summed E-state index contributed by atoms with van der Waals surface area (Å²) >= 11 is 0. The van der Waals surface area contributed by atoms with Crippen LogP contribution in [-0.2, 0) is 5.41 Å². The van der Waals surface area contributed by atoms with Gasteiger partial charge in [0.15, 0.2) is 0 Å². The number of nitrogens with zero attached hydrogens (tertiary/aromatic N) is 2. The minimum atomic E-state index is -0.0129. The van der Waals surface area contributed by atoms with E-state index in [-0.39, 0.29) is 11.0 Å². The van der Waals surface area contributed by atoms with Gasteiger partial charge in [-0.3, -0.25) is 9.20 Å². The lowest BCUT2D eigenvalue weighted by atomic mass is 9.86. The van der Waals surface area contributed by atoms with Gasteiger partial charge >= 0.3 is 0 Å². The highest BCUT2D eigenvalue weighted by molar-refractivity contribution is 5.80. The summed E-state index contributed by atoms with van der Waals surface area (Å²) in [7, 11) is 0. The van der Waals surface area contributed by atoms with Crippen molar-refractivity contribution in [3.05, 3.63) is 58.5 Å². The van der Waals surface area contributed by atoms with Gasteiger partial charge in [0, 0.05) is 6.20 Å². The van der Waals surface area contributed by atoms with E-state index in [0.717, 1.165) is 5.52 Å². The smallest absolute Gasteiger partial charge is 0.265 e. The van der Waals surface area contributed by atoms with Gasteiger partial charge in [0.2, 0.25) is 0 Å². The van der Waals surface area contributed by atoms with E-state index in [0.29, 0.717) is 11.0 Å². The molecule has 0 N–H and O–H groups in total. The van der Waals surface area contributed by atoms with E-state index in [4.69, 9.17) is 0 Å². The summed E-state index contributed by atoms with van der Waals surface area (Å²) in [5.41, 5.74) is 2.68. The van der Waals surface area contributed by atoms with Crippen LogP contribution in [0.2, 0.25) is 0 Å². The molecular formula is C16H16N2O. The first-order valence-corrected chi connectivity index (χ1v) is 6.38. The molecule has 0 radical (unpaired) electrons. The first-order chi connectivity index (χ1) is 8.97. The van der Waals surface area contributed by atoms with Gasteiger partial charge in [0.25, 0.3) is 5.56 Å². The first kappa shape index (κ1) is 11.9. The second kappa shape index (κ2) is 3.92. The van der Waals surface area contributed by atoms with Gasteiger partial charge in [-0.1, -0.05) is 32.9 Å². The van der Waals surface area contributed by atoms with Crippen LogP contribution in [0, 0.1) is 0 Å². The van der Waals surface area contributed by atoms with Crippen molar-refractivity contribution in [1.82, 2.24) is 9.38 Å². The number of hydrogen-bond donors (Lipinski definition) is 0. The average Bonchev–Trinajstić information content (AvgIpc) is 2.37. The maximum absolute atomic E-state index is 12.4. The number of rotatable bonds is 0. The monoisotopic (exact) mass is 252 g/mol. The van der Waals surface area contributed by atoms with Crippen LogP contribution in [-0.4, -0.2) is 9.38 Å². The average molecular weight is 252 g/mol. The molecule has 0 bridgehead atoms. The molecule has 0 amide bonds. The molecule has 0 atom stereocenters. The van der Waals surface area contributed by atoms with E-state index < -0.39 is 0 Å². The number of benzene rings is 1. The second-order valence-corrected chi connectivity index (χ2v) is 5.83. The fourth-order valence-corrected chi connectivity index (χ4v) is 2.22. The summed E-state index contributed by atoms with van der Waals surface area (Å²) in [5.74, 6) is 0. The molecule has 3 aromatic rings. The lowest BCUT2D eigenvalue weighted by Crippen LogP contribution is -2.16. The molecule has 0 saturated heterocycles. The van der Waals surface area contributed by atoms with Crippen molar-refractivity contribution in [3.8, 4) is 0 Å². The summed E-state index contributed by atoms with van der Waals surface area (Å²) in [6, 6.07) is 11.5. The van der Waals surface area contributed by atoms with Crippen molar-refractivity contribution in [3.63, 3.8) is 0 Å². The largest absolute Gasteiger partial charge is 0.268 e. The van der Waals surface area contributed by atoms with Crippen molar-refractivity contribution < 1.29 is 0 Å². The third-order valence-electron chi connectivity index (χ3n) is 3.39. The molecule has 3 rings (SSSR count). The predicted molar refractivity (Wildman–Crippen MR) is 77.7 cm³/mol. The highest BCUT2D eigenvalue weighted by Crippen LogP contribution is 2.24. The lowest BCUT2D eigenvalue weighted by Gasteiger charge is -2.19. The summed E-state index contributed by atoms with van der Waals surface area (Å²) in [6.45, 7) is 6.46. The standard InChI is InChI=1S/C16H16N2O/c1-16(2,3)11-7-8-12-13(10-11)17-14-6-4-5-9-18(14)15(12)19/h4-10H,1-3H3. The minimum absolute atomic E-state index is 0.0129. The van der Waals surface area contributed by atoms with Gasteiger partial charge in [-0.25, -0.2) is 4.98 Å². The van der Waals surface area contributed by atoms with Gasteiger partial charge < -0.3 is 0 Å². The van der Waals surface area contributed by atoms with Crippen molar-refractivity contribution in [1.29, 1.82) is 0 Å². The van der Waals surface area contributed by atoms with Crippen molar-refractivity contribution >= 4 is 16.6 Å². The Kier molecular flexibility index (Phi) is 2.45. The lowest BCUT2D eigenvalue weighted by molar-refractivity contribution is 0.591.